The van der Waals surface area contributed by atoms with Gasteiger partial charge in [0.15, 0.2) is 9.84 Å². The molecular formula is C18H27NO4S. The summed E-state index contributed by atoms with van der Waals surface area (Å²) < 4.78 is 30.2. The van der Waals surface area contributed by atoms with Gasteiger partial charge in [-0.3, -0.25) is 4.79 Å². The second kappa shape index (κ2) is 8.51. The molecule has 0 heterocycles. The Balaban J connectivity index is 1.87. The summed E-state index contributed by atoms with van der Waals surface area (Å²) in [5.74, 6) is 0.292. The van der Waals surface area contributed by atoms with E-state index < -0.39 is 9.84 Å². The Morgan fingerprint density at radius 1 is 1.17 bits per heavy atom. The van der Waals surface area contributed by atoms with Crippen molar-refractivity contribution in [1.29, 1.82) is 0 Å². The fourth-order valence-corrected chi connectivity index (χ4v) is 4.13. The quantitative estimate of drug-likeness (QED) is 0.817. The number of nitrogens with one attached hydrogen (secondary N) is 1. The Bertz CT molecular complexity index is 631. The van der Waals surface area contributed by atoms with E-state index in [2.05, 4.69) is 5.32 Å². The van der Waals surface area contributed by atoms with E-state index in [1.807, 2.05) is 13.8 Å². The maximum atomic E-state index is 12.3. The van der Waals surface area contributed by atoms with E-state index in [0.29, 0.717) is 5.75 Å². The van der Waals surface area contributed by atoms with Gasteiger partial charge in [0.2, 0.25) is 5.91 Å². The van der Waals surface area contributed by atoms with E-state index in [4.69, 9.17) is 4.74 Å². The van der Waals surface area contributed by atoms with Gasteiger partial charge in [0.1, 0.15) is 5.75 Å². The van der Waals surface area contributed by atoms with Crippen molar-refractivity contribution in [3.05, 3.63) is 24.3 Å². The largest absolute Gasteiger partial charge is 0.491 e. The minimum Gasteiger partial charge on any atom is -0.491 e. The summed E-state index contributed by atoms with van der Waals surface area (Å²) in [6.07, 6.45) is 5.52. The number of hydrogen-bond donors (Lipinski definition) is 1. The third-order valence-corrected chi connectivity index (χ3v) is 5.85. The molecule has 6 heteroatoms. The Labute approximate surface area is 144 Å². The number of benzene rings is 1. The van der Waals surface area contributed by atoms with Gasteiger partial charge in [-0.05, 0) is 51.0 Å². The molecule has 1 N–H and O–H groups in total. The zero-order chi connectivity index (χ0) is 17.6. The summed E-state index contributed by atoms with van der Waals surface area (Å²) in [6.45, 7) is 3.82. The number of ether oxygens (including phenoxy) is 1. The summed E-state index contributed by atoms with van der Waals surface area (Å²) >= 11 is 0. The summed E-state index contributed by atoms with van der Waals surface area (Å²) in [4.78, 5) is 12.2. The second-order valence-electron chi connectivity index (χ2n) is 6.61. The van der Waals surface area contributed by atoms with E-state index in [-0.39, 0.29) is 35.1 Å². The van der Waals surface area contributed by atoms with Crippen molar-refractivity contribution in [2.24, 2.45) is 0 Å². The molecule has 134 valence electrons. The monoisotopic (exact) mass is 353 g/mol. The number of carbonyl (C=O) groups excluding carboxylic acids is 1. The zero-order valence-electron chi connectivity index (χ0n) is 14.5. The number of amides is 1. The summed E-state index contributed by atoms with van der Waals surface area (Å²) in [6, 6.07) is 6.57. The van der Waals surface area contributed by atoms with E-state index >= 15 is 0 Å². The molecule has 0 aromatic heterocycles. The standard InChI is InChI=1S/C18H27NO4S/c1-14(2)23-16-8-10-17(11-9-16)24(21,22)13-12-18(20)19-15-6-4-3-5-7-15/h8-11,14-15H,3-7,12-13H2,1-2H3,(H,19,20). The lowest BCUT2D eigenvalue weighted by molar-refractivity contribution is -0.121. The number of rotatable bonds is 7. The topological polar surface area (TPSA) is 72.5 Å². The van der Waals surface area contributed by atoms with Crippen LogP contribution >= 0.6 is 0 Å². The SMILES string of the molecule is CC(C)Oc1ccc(S(=O)(=O)CCC(=O)NC2CCCCC2)cc1. The van der Waals surface area contributed by atoms with Gasteiger partial charge in [-0.2, -0.15) is 0 Å². The van der Waals surface area contributed by atoms with Crippen LogP contribution in [0.25, 0.3) is 0 Å². The van der Waals surface area contributed by atoms with Gasteiger partial charge in [0.25, 0.3) is 0 Å². The van der Waals surface area contributed by atoms with Crippen LogP contribution in [0.2, 0.25) is 0 Å². The minimum atomic E-state index is -3.46. The van der Waals surface area contributed by atoms with Crippen molar-refractivity contribution in [3.8, 4) is 5.75 Å². The Kier molecular flexibility index (Phi) is 6.66. The highest BCUT2D eigenvalue weighted by molar-refractivity contribution is 7.91. The molecule has 0 spiro atoms. The first kappa shape index (κ1) is 18.8. The maximum absolute atomic E-state index is 12.3. The second-order valence-corrected chi connectivity index (χ2v) is 8.72. The van der Waals surface area contributed by atoms with Crippen LogP contribution in [0.4, 0.5) is 0 Å². The number of hydrogen-bond acceptors (Lipinski definition) is 4. The molecule has 2 rings (SSSR count). The molecule has 24 heavy (non-hydrogen) atoms. The minimum absolute atomic E-state index is 0.00305. The van der Waals surface area contributed by atoms with Crippen molar-refractivity contribution < 1.29 is 17.9 Å². The first-order valence-corrected chi connectivity index (χ1v) is 10.3. The van der Waals surface area contributed by atoms with Crippen molar-refractivity contribution in [2.45, 2.75) is 69.4 Å². The van der Waals surface area contributed by atoms with Crippen LogP contribution in [0.1, 0.15) is 52.4 Å². The van der Waals surface area contributed by atoms with E-state index in [9.17, 15) is 13.2 Å². The van der Waals surface area contributed by atoms with E-state index in [1.165, 1.54) is 18.6 Å². The lowest BCUT2D eigenvalue weighted by Gasteiger charge is -2.22. The molecule has 5 nitrogen and oxygen atoms in total. The predicted octanol–water partition coefficient (Wildman–Crippen LogP) is 3.09. The fraction of sp³-hybridized carbons (Fsp3) is 0.611. The highest BCUT2D eigenvalue weighted by atomic mass is 32.2. The van der Waals surface area contributed by atoms with Gasteiger partial charge in [0.05, 0.1) is 16.8 Å². The molecule has 1 amide bonds. The molecule has 0 atom stereocenters. The zero-order valence-corrected chi connectivity index (χ0v) is 15.3. The third-order valence-electron chi connectivity index (χ3n) is 4.12. The third kappa shape index (κ3) is 5.82. The summed E-state index contributed by atoms with van der Waals surface area (Å²) in [7, 11) is -3.46. The highest BCUT2D eigenvalue weighted by Gasteiger charge is 2.19. The van der Waals surface area contributed by atoms with Crippen LogP contribution in [-0.4, -0.2) is 32.2 Å². The first-order chi connectivity index (χ1) is 11.4. The van der Waals surface area contributed by atoms with Crippen molar-refractivity contribution in [3.63, 3.8) is 0 Å². The Morgan fingerprint density at radius 3 is 2.38 bits per heavy atom. The molecule has 1 aromatic carbocycles. The summed E-state index contributed by atoms with van der Waals surface area (Å²) in [5.41, 5.74) is 0. The van der Waals surface area contributed by atoms with E-state index in [1.54, 1.807) is 12.1 Å². The Hall–Kier alpha value is -1.56. The molecule has 1 aliphatic carbocycles. The lowest BCUT2D eigenvalue weighted by Crippen LogP contribution is -2.36. The molecule has 1 aromatic rings. The van der Waals surface area contributed by atoms with Crippen LogP contribution in [-0.2, 0) is 14.6 Å². The highest BCUT2D eigenvalue weighted by Crippen LogP contribution is 2.19. The molecule has 0 radical (unpaired) electrons. The molecule has 1 saturated carbocycles. The van der Waals surface area contributed by atoms with Crippen LogP contribution in [0.3, 0.4) is 0 Å². The maximum Gasteiger partial charge on any atom is 0.221 e. The molecule has 0 bridgehead atoms. The van der Waals surface area contributed by atoms with E-state index in [0.717, 1.165) is 25.7 Å². The van der Waals surface area contributed by atoms with Crippen LogP contribution < -0.4 is 10.1 Å². The molecular weight excluding hydrogens is 326 g/mol. The van der Waals surface area contributed by atoms with Gasteiger partial charge in [0, 0.05) is 12.5 Å². The van der Waals surface area contributed by atoms with Gasteiger partial charge >= 0.3 is 0 Å². The molecule has 0 unspecified atom stereocenters. The molecule has 1 fully saturated rings. The van der Waals surface area contributed by atoms with Crippen LogP contribution in [0, 0.1) is 0 Å². The average Bonchev–Trinajstić information content (AvgIpc) is 2.54. The van der Waals surface area contributed by atoms with Crippen LogP contribution in [0.5, 0.6) is 5.75 Å². The van der Waals surface area contributed by atoms with Crippen molar-refractivity contribution >= 4 is 15.7 Å². The predicted molar refractivity (Wildman–Crippen MR) is 93.9 cm³/mol. The number of sulfone groups is 1. The van der Waals surface area contributed by atoms with Gasteiger partial charge in [-0.15, -0.1) is 0 Å². The molecule has 0 aliphatic heterocycles. The van der Waals surface area contributed by atoms with Crippen LogP contribution in [0.15, 0.2) is 29.2 Å². The first-order valence-electron chi connectivity index (χ1n) is 8.65. The fourth-order valence-electron chi connectivity index (χ4n) is 2.89. The Morgan fingerprint density at radius 2 is 1.79 bits per heavy atom. The van der Waals surface area contributed by atoms with Gasteiger partial charge < -0.3 is 10.1 Å². The number of carbonyl (C=O) groups is 1. The van der Waals surface area contributed by atoms with Gasteiger partial charge in [-0.25, -0.2) is 8.42 Å². The molecule has 1 aliphatic rings. The van der Waals surface area contributed by atoms with Gasteiger partial charge in [-0.1, -0.05) is 19.3 Å². The lowest BCUT2D eigenvalue weighted by atomic mass is 9.95. The van der Waals surface area contributed by atoms with Crippen molar-refractivity contribution in [1.82, 2.24) is 5.32 Å². The van der Waals surface area contributed by atoms with Crippen molar-refractivity contribution in [2.75, 3.05) is 5.75 Å². The average molecular weight is 353 g/mol. The summed E-state index contributed by atoms with van der Waals surface area (Å²) in [5, 5.41) is 2.95. The normalized spacial score (nSPS) is 16.1. The smallest absolute Gasteiger partial charge is 0.221 e. The molecule has 0 saturated heterocycles.